The van der Waals surface area contributed by atoms with Crippen LogP contribution in [0.2, 0.25) is 0 Å². The molecular formula is C21H22O2. The molecule has 1 aliphatic carbocycles. The minimum absolute atomic E-state index is 0.0164. The molecule has 2 aromatic carbocycles. The summed E-state index contributed by atoms with van der Waals surface area (Å²) in [6.07, 6.45) is 5.97. The van der Waals surface area contributed by atoms with Gasteiger partial charge in [-0.15, -0.1) is 0 Å². The summed E-state index contributed by atoms with van der Waals surface area (Å²) in [7, 11) is 0. The maximum absolute atomic E-state index is 12.7. The van der Waals surface area contributed by atoms with Crippen LogP contribution < -0.4 is 0 Å². The van der Waals surface area contributed by atoms with E-state index in [4.69, 9.17) is 0 Å². The van der Waals surface area contributed by atoms with Crippen LogP contribution in [-0.4, -0.2) is 17.0 Å². The van der Waals surface area contributed by atoms with Gasteiger partial charge in [-0.3, -0.25) is 4.79 Å². The van der Waals surface area contributed by atoms with Crippen molar-refractivity contribution in [1.82, 2.24) is 0 Å². The maximum atomic E-state index is 12.7. The third-order valence-electron chi connectivity index (χ3n) is 4.69. The summed E-state index contributed by atoms with van der Waals surface area (Å²) in [5.74, 6) is 0.107. The van der Waals surface area contributed by atoms with Crippen LogP contribution in [-0.2, 0) is 0 Å². The first-order valence-electron chi connectivity index (χ1n) is 8.26. The van der Waals surface area contributed by atoms with Gasteiger partial charge in [-0.25, -0.2) is 0 Å². The molecular weight excluding hydrogens is 284 g/mol. The number of carbonyl (C=O) groups is 1. The zero-order valence-electron chi connectivity index (χ0n) is 13.1. The van der Waals surface area contributed by atoms with Crippen LogP contribution in [0.1, 0.15) is 35.2 Å². The van der Waals surface area contributed by atoms with Crippen LogP contribution in [0.5, 0.6) is 0 Å². The third kappa shape index (κ3) is 3.77. The average molecular weight is 306 g/mol. The van der Waals surface area contributed by atoms with Crippen LogP contribution >= 0.6 is 0 Å². The van der Waals surface area contributed by atoms with Gasteiger partial charge < -0.3 is 5.11 Å². The zero-order valence-corrected chi connectivity index (χ0v) is 13.1. The second-order valence-electron chi connectivity index (χ2n) is 6.19. The highest BCUT2D eigenvalue weighted by molar-refractivity contribution is 5.98. The molecule has 1 N–H and O–H groups in total. The number of aliphatic hydroxyl groups is 1. The molecule has 0 heterocycles. The van der Waals surface area contributed by atoms with Crippen molar-refractivity contribution in [1.29, 1.82) is 0 Å². The molecule has 1 saturated carbocycles. The molecule has 118 valence electrons. The lowest BCUT2D eigenvalue weighted by atomic mass is 9.84. The highest BCUT2D eigenvalue weighted by Crippen LogP contribution is 2.37. The fourth-order valence-electron chi connectivity index (χ4n) is 3.46. The average Bonchev–Trinajstić information content (AvgIpc) is 3.10. The van der Waals surface area contributed by atoms with Crippen molar-refractivity contribution in [3.63, 3.8) is 0 Å². The molecule has 0 unspecified atom stereocenters. The molecule has 1 fully saturated rings. The molecule has 0 saturated heterocycles. The Morgan fingerprint density at radius 3 is 2.35 bits per heavy atom. The number of Topliss-reactive ketones (excluding diaryl/α,β-unsaturated/α-hetero) is 1. The number of aliphatic hydroxyl groups excluding tert-OH is 1. The Hall–Kier alpha value is -2.19. The standard InChI is InChI=1S/C21H22O2/c22-20(15-14-16-8-3-1-4-9-16)18-12-7-13-19(18)21(23)17-10-5-2-6-11-17/h1-6,8-11,14-15,18-20,22H,7,12-13H2/b15-14+/t18-,19-,20-/m0/s1. The summed E-state index contributed by atoms with van der Waals surface area (Å²) < 4.78 is 0. The van der Waals surface area contributed by atoms with Crippen molar-refractivity contribution in [2.24, 2.45) is 11.8 Å². The SMILES string of the molecule is O=C(c1ccccc1)[C@H]1CCC[C@@H]1[C@@H](O)/C=C/c1ccccc1. The highest BCUT2D eigenvalue weighted by atomic mass is 16.3. The van der Waals surface area contributed by atoms with Crippen molar-refractivity contribution in [3.05, 3.63) is 77.9 Å². The fourth-order valence-corrected chi connectivity index (χ4v) is 3.46. The van der Waals surface area contributed by atoms with Gasteiger partial charge in [0.1, 0.15) is 0 Å². The summed E-state index contributed by atoms with van der Waals surface area (Å²) in [4.78, 5) is 12.7. The molecule has 0 bridgehead atoms. The molecule has 0 aliphatic heterocycles. The van der Waals surface area contributed by atoms with Gasteiger partial charge in [0.25, 0.3) is 0 Å². The lowest BCUT2D eigenvalue weighted by molar-refractivity contribution is 0.0778. The van der Waals surface area contributed by atoms with E-state index in [1.807, 2.05) is 72.8 Å². The van der Waals surface area contributed by atoms with E-state index in [2.05, 4.69) is 0 Å². The predicted octanol–water partition coefficient (Wildman–Crippen LogP) is 4.36. The summed E-state index contributed by atoms with van der Waals surface area (Å²) in [6.45, 7) is 0. The lowest BCUT2D eigenvalue weighted by Gasteiger charge is -2.22. The molecule has 2 aromatic rings. The van der Waals surface area contributed by atoms with E-state index in [1.165, 1.54) is 0 Å². The Labute approximate surface area is 137 Å². The van der Waals surface area contributed by atoms with Gasteiger partial charge in [0.15, 0.2) is 5.78 Å². The fraction of sp³-hybridized carbons (Fsp3) is 0.286. The largest absolute Gasteiger partial charge is 0.389 e. The molecule has 3 atom stereocenters. The Kier molecular flexibility index (Phi) is 5.04. The van der Waals surface area contributed by atoms with Gasteiger partial charge in [-0.2, -0.15) is 0 Å². The molecule has 0 aromatic heterocycles. The van der Waals surface area contributed by atoms with Crippen molar-refractivity contribution in [2.45, 2.75) is 25.4 Å². The van der Waals surface area contributed by atoms with Gasteiger partial charge >= 0.3 is 0 Å². The van der Waals surface area contributed by atoms with Crippen molar-refractivity contribution >= 4 is 11.9 Å². The molecule has 23 heavy (non-hydrogen) atoms. The summed E-state index contributed by atoms with van der Waals surface area (Å²) in [5.41, 5.74) is 1.82. The van der Waals surface area contributed by atoms with Crippen LogP contribution in [0, 0.1) is 11.8 Å². The predicted molar refractivity (Wildman–Crippen MR) is 93.1 cm³/mol. The minimum Gasteiger partial charge on any atom is -0.389 e. The van der Waals surface area contributed by atoms with Crippen molar-refractivity contribution < 1.29 is 9.90 Å². The van der Waals surface area contributed by atoms with E-state index in [0.717, 1.165) is 30.4 Å². The van der Waals surface area contributed by atoms with E-state index in [1.54, 1.807) is 0 Å². The summed E-state index contributed by atoms with van der Waals surface area (Å²) in [6, 6.07) is 19.4. The number of hydrogen-bond acceptors (Lipinski definition) is 2. The van der Waals surface area contributed by atoms with E-state index < -0.39 is 6.10 Å². The molecule has 2 nitrogen and oxygen atoms in total. The number of ketones is 1. The third-order valence-corrected chi connectivity index (χ3v) is 4.69. The van der Waals surface area contributed by atoms with E-state index in [9.17, 15) is 9.90 Å². The van der Waals surface area contributed by atoms with Gasteiger partial charge in [-0.1, -0.05) is 79.2 Å². The number of benzene rings is 2. The first-order valence-corrected chi connectivity index (χ1v) is 8.26. The molecule has 1 aliphatic rings. The van der Waals surface area contributed by atoms with Crippen LogP contribution in [0.4, 0.5) is 0 Å². The molecule has 0 amide bonds. The Bertz CT molecular complexity index is 661. The van der Waals surface area contributed by atoms with Gasteiger partial charge in [0.2, 0.25) is 0 Å². The first-order chi connectivity index (χ1) is 11.3. The van der Waals surface area contributed by atoms with Gasteiger partial charge in [0, 0.05) is 11.5 Å². The van der Waals surface area contributed by atoms with Crippen LogP contribution in [0.3, 0.4) is 0 Å². The summed E-state index contributed by atoms with van der Waals surface area (Å²) in [5, 5.41) is 10.5. The zero-order chi connectivity index (χ0) is 16.1. The lowest BCUT2D eigenvalue weighted by Crippen LogP contribution is -2.27. The Morgan fingerprint density at radius 1 is 1.00 bits per heavy atom. The number of rotatable bonds is 5. The van der Waals surface area contributed by atoms with Gasteiger partial charge in [0.05, 0.1) is 6.10 Å². The molecule has 0 spiro atoms. The van der Waals surface area contributed by atoms with E-state index in [-0.39, 0.29) is 17.6 Å². The normalized spacial score (nSPS) is 22.3. The number of carbonyl (C=O) groups excluding carboxylic acids is 1. The Balaban J connectivity index is 1.71. The monoisotopic (exact) mass is 306 g/mol. The van der Waals surface area contributed by atoms with E-state index in [0.29, 0.717) is 0 Å². The van der Waals surface area contributed by atoms with Crippen molar-refractivity contribution in [3.8, 4) is 0 Å². The smallest absolute Gasteiger partial charge is 0.166 e. The minimum atomic E-state index is -0.574. The number of hydrogen-bond donors (Lipinski definition) is 1. The molecule has 0 radical (unpaired) electrons. The maximum Gasteiger partial charge on any atom is 0.166 e. The first kappa shape index (κ1) is 15.7. The quantitative estimate of drug-likeness (QED) is 0.833. The van der Waals surface area contributed by atoms with Gasteiger partial charge in [-0.05, 0) is 24.3 Å². The molecule has 2 heteroatoms. The van der Waals surface area contributed by atoms with E-state index >= 15 is 0 Å². The highest BCUT2D eigenvalue weighted by Gasteiger charge is 2.36. The Morgan fingerprint density at radius 2 is 1.65 bits per heavy atom. The van der Waals surface area contributed by atoms with Crippen molar-refractivity contribution in [2.75, 3.05) is 0 Å². The van der Waals surface area contributed by atoms with Crippen LogP contribution in [0.15, 0.2) is 66.7 Å². The topological polar surface area (TPSA) is 37.3 Å². The molecule has 3 rings (SSSR count). The van der Waals surface area contributed by atoms with Crippen LogP contribution in [0.25, 0.3) is 6.08 Å². The second kappa shape index (κ2) is 7.38. The second-order valence-corrected chi connectivity index (χ2v) is 6.19. The summed E-state index contributed by atoms with van der Waals surface area (Å²) >= 11 is 0.